The smallest absolute Gasteiger partial charge is 0.310 e. The van der Waals surface area contributed by atoms with Gasteiger partial charge in [0.05, 0.1) is 24.9 Å². The molecular formula is C14H18N2O3. The largest absolute Gasteiger partial charge is 0.469 e. The van der Waals surface area contributed by atoms with Crippen LogP contribution in [0.2, 0.25) is 0 Å². The number of methoxy groups -OCH3 is 1. The third-order valence-corrected chi connectivity index (χ3v) is 3.43. The molecule has 1 fully saturated rings. The number of hydrogen-bond donors (Lipinski definition) is 0. The van der Waals surface area contributed by atoms with E-state index in [0.29, 0.717) is 12.2 Å². The van der Waals surface area contributed by atoms with Gasteiger partial charge in [-0.15, -0.1) is 0 Å². The van der Waals surface area contributed by atoms with E-state index in [1.165, 1.54) is 14.0 Å². The molecule has 0 radical (unpaired) electrons. The molecule has 1 unspecified atom stereocenters. The minimum Gasteiger partial charge on any atom is -0.469 e. The molecule has 0 aromatic carbocycles. The first-order chi connectivity index (χ1) is 9.11. The van der Waals surface area contributed by atoms with Crippen molar-refractivity contribution in [3.8, 4) is 0 Å². The number of carbonyl (C=O) groups excluding carboxylic acids is 2. The molecule has 1 aromatic rings. The van der Waals surface area contributed by atoms with Gasteiger partial charge >= 0.3 is 5.97 Å². The number of rotatable bonds is 3. The SMILES string of the molecule is COC(=O)C1CCCN(c2ccc(C(C)=O)nc2)C1. The molecule has 5 nitrogen and oxygen atoms in total. The zero-order valence-electron chi connectivity index (χ0n) is 11.3. The van der Waals surface area contributed by atoms with Crippen molar-refractivity contribution in [2.75, 3.05) is 25.1 Å². The molecule has 0 spiro atoms. The number of pyridine rings is 1. The summed E-state index contributed by atoms with van der Waals surface area (Å²) in [5.74, 6) is -0.276. The van der Waals surface area contributed by atoms with Gasteiger partial charge in [0.2, 0.25) is 0 Å². The first-order valence-electron chi connectivity index (χ1n) is 6.41. The highest BCUT2D eigenvalue weighted by Gasteiger charge is 2.26. The molecule has 1 aliphatic heterocycles. The molecule has 19 heavy (non-hydrogen) atoms. The Balaban J connectivity index is 2.08. The average molecular weight is 262 g/mol. The highest BCUT2D eigenvalue weighted by Crippen LogP contribution is 2.23. The number of nitrogens with zero attached hydrogens (tertiary/aromatic N) is 2. The van der Waals surface area contributed by atoms with Crippen molar-refractivity contribution in [3.05, 3.63) is 24.0 Å². The lowest BCUT2D eigenvalue weighted by atomic mass is 9.98. The summed E-state index contributed by atoms with van der Waals surface area (Å²) >= 11 is 0. The Kier molecular flexibility index (Phi) is 4.14. The molecule has 102 valence electrons. The van der Waals surface area contributed by atoms with Crippen LogP contribution >= 0.6 is 0 Å². The molecule has 1 atom stereocenters. The second-order valence-corrected chi connectivity index (χ2v) is 4.77. The number of aromatic nitrogens is 1. The summed E-state index contributed by atoms with van der Waals surface area (Å²) in [6.07, 6.45) is 3.51. The van der Waals surface area contributed by atoms with Gasteiger partial charge in [0, 0.05) is 20.0 Å². The fourth-order valence-corrected chi connectivity index (χ4v) is 2.35. The predicted molar refractivity (Wildman–Crippen MR) is 71.2 cm³/mol. The highest BCUT2D eigenvalue weighted by molar-refractivity contribution is 5.92. The molecule has 1 saturated heterocycles. The van der Waals surface area contributed by atoms with Crippen molar-refractivity contribution in [2.45, 2.75) is 19.8 Å². The van der Waals surface area contributed by atoms with Crippen molar-refractivity contribution >= 4 is 17.4 Å². The maximum Gasteiger partial charge on any atom is 0.310 e. The second-order valence-electron chi connectivity index (χ2n) is 4.77. The molecular weight excluding hydrogens is 244 g/mol. The van der Waals surface area contributed by atoms with E-state index in [9.17, 15) is 9.59 Å². The van der Waals surface area contributed by atoms with E-state index in [1.54, 1.807) is 12.3 Å². The Bertz CT molecular complexity index is 470. The van der Waals surface area contributed by atoms with Crippen LogP contribution in [0.4, 0.5) is 5.69 Å². The number of carbonyl (C=O) groups is 2. The zero-order chi connectivity index (χ0) is 13.8. The van der Waals surface area contributed by atoms with E-state index < -0.39 is 0 Å². The molecule has 5 heteroatoms. The van der Waals surface area contributed by atoms with Gasteiger partial charge < -0.3 is 9.64 Å². The number of anilines is 1. The van der Waals surface area contributed by atoms with Gasteiger partial charge in [0.1, 0.15) is 5.69 Å². The van der Waals surface area contributed by atoms with Crippen LogP contribution < -0.4 is 4.90 Å². The molecule has 0 saturated carbocycles. The summed E-state index contributed by atoms with van der Waals surface area (Å²) in [4.78, 5) is 29.0. The van der Waals surface area contributed by atoms with E-state index in [4.69, 9.17) is 4.74 Å². The Hall–Kier alpha value is -1.91. The first-order valence-corrected chi connectivity index (χ1v) is 6.41. The standard InChI is InChI=1S/C14H18N2O3/c1-10(17)13-6-5-12(8-15-13)16-7-3-4-11(9-16)14(18)19-2/h5-6,8,11H,3-4,7,9H2,1-2H3. The summed E-state index contributed by atoms with van der Waals surface area (Å²) in [6, 6.07) is 3.60. The van der Waals surface area contributed by atoms with Crippen molar-refractivity contribution in [1.82, 2.24) is 4.98 Å². The Morgan fingerprint density at radius 2 is 2.21 bits per heavy atom. The van der Waals surface area contributed by atoms with Gasteiger partial charge in [-0.3, -0.25) is 14.6 Å². The second kappa shape index (κ2) is 5.82. The average Bonchev–Trinajstić information content (AvgIpc) is 2.46. The number of esters is 1. The first kappa shape index (κ1) is 13.5. The highest BCUT2D eigenvalue weighted by atomic mass is 16.5. The van der Waals surface area contributed by atoms with Crippen LogP contribution in [0, 0.1) is 5.92 Å². The fraction of sp³-hybridized carbons (Fsp3) is 0.500. The number of ketones is 1. The fourth-order valence-electron chi connectivity index (χ4n) is 2.35. The lowest BCUT2D eigenvalue weighted by Crippen LogP contribution is -2.39. The Morgan fingerprint density at radius 3 is 2.79 bits per heavy atom. The van der Waals surface area contributed by atoms with Gasteiger partial charge in [-0.05, 0) is 25.0 Å². The maximum absolute atomic E-state index is 11.6. The normalized spacial score (nSPS) is 19.1. The van der Waals surface area contributed by atoms with Gasteiger partial charge in [-0.1, -0.05) is 0 Å². The third kappa shape index (κ3) is 3.10. The van der Waals surface area contributed by atoms with E-state index in [-0.39, 0.29) is 17.7 Å². The lowest BCUT2D eigenvalue weighted by molar-refractivity contribution is -0.145. The van der Waals surface area contributed by atoms with Crippen LogP contribution in [-0.4, -0.2) is 36.9 Å². The molecule has 1 aromatic heterocycles. The zero-order valence-corrected chi connectivity index (χ0v) is 11.3. The van der Waals surface area contributed by atoms with Crippen LogP contribution in [0.5, 0.6) is 0 Å². The number of hydrogen-bond acceptors (Lipinski definition) is 5. The van der Waals surface area contributed by atoms with Gasteiger partial charge in [0.15, 0.2) is 5.78 Å². The van der Waals surface area contributed by atoms with Gasteiger partial charge in [0.25, 0.3) is 0 Å². The van der Waals surface area contributed by atoms with Crippen LogP contribution in [0.25, 0.3) is 0 Å². The van der Waals surface area contributed by atoms with Crippen LogP contribution in [0.15, 0.2) is 18.3 Å². The lowest BCUT2D eigenvalue weighted by Gasteiger charge is -2.32. The van der Waals surface area contributed by atoms with E-state index in [2.05, 4.69) is 9.88 Å². The molecule has 0 bridgehead atoms. The van der Waals surface area contributed by atoms with Crippen molar-refractivity contribution in [2.24, 2.45) is 5.92 Å². The van der Waals surface area contributed by atoms with E-state index in [0.717, 1.165) is 25.1 Å². The summed E-state index contributed by atoms with van der Waals surface area (Å²) in [5, 5.41) is 0. The quantitative estimate of drug-likeness (QED) is 0.612. The van der Waals surface area contributed by atoms with E-state index in [1.807, 2.05) is 6.07 Å². The topological polar surface area (TPSA) is 59.5 Å². The minimum atomic E-state index is -0.155. The number of Topliss-reactive ketones (excluding diaryl/α,β-unsaturated/α-hetero) is 1. The molecule has 0 aliphatic carbocycles. The van der Waals surface area contributed by atoms with Crippen LogP contribution in [-0.2, 0) is 9.53 Å². The number of piperidine rings is 1. The minimum absolute atomic E-state index is 0.0439. The maximum atomic E-state index is 11.6. The molecule has 2 heterocycles. The molecule has 1 aliphatic rings. The predicted octanol–water partition coefficient (Wildman–Crippen LogP) is 1.67. The van der Waals surface area contributed by atoms with Gasteiger partial charge in [-0.25, -0.2) is 0 Å². The third-order valence-electron chi connectivity index (χ3n) is 3.43. The van der Waals surface area contributed by atoms with Crippen LogP contribution in [0.1, 0.15) is 30.3 Å². The Labute approximate surface area is 112 Å². The summed E-state index contributed by atoms with van der Waals surface area (Å²) in [7, 11) is 1.42. The number of ether oxygens (including phenoxy) is 1. The van der Waals surface area contributed by atoms with Crippen molar-refractivity contribution < 1.29 is 14.3 Å². The summed E-state index contributed by atoms with van der Waals surface area (Å²) in [5.41, 5.74) is 1.41. The molecule has 2 rings (SSSR count). The van der Waals surface area contributed by atoms with Gasteiger partial charge in [-0.2, -0.15) is 0 Å². The molecule has 0 N–H and O–H groups in total. The summed E-state index contributed by atoms with van der Waals surface area (Å²) < 4.78 is 4.80. The van der Waals surface area contributed by atoms with E-state index >= 15 is 0 Å². The summed E-state index contributed by atoms with van der Waals surface area (Å²) in [6.45, 7) is 3.04. The van der Waals surface area contributed by atoms with Crippen LogP contribution in [0.3, 0.4) is 0 Å². The molecule has 0 amide bonds. The van der Waals surface area contributed by atoms with Crippen molar-refractivity contribution in [1.29, 1.82) is 0 Å². The van der Waals surface area contributed by atoms with Crippen molar-refractivity contribution in [3.63, 3.8) is 0 Å². The Morgan fingerprint density at radius 1 is 1.42 bits per heavy atom. The monoisotopic (exact) mass is 262 g/mol.